The number of benzene rings is 1. The van der Waals surface area contributed by atoms with Crippen molar-refractivity contribution in [2.75, 3.05) is 0 Å². The van der Waals surface area contributed by atoms with Crippen LogP contribution in [-0.2, 0) is 235 Å². The smallest absolute Gasteiger partial charge is 0 e. The Morgan fingerprint density at radius 1 is 0.905 bits per heavy atom. The number of hydrogen-bond acceptors (Lipinski definition) is 0. The van der Waals surface area contributed by atoms with Crippen molar-refractivity contribution in [1.29, 1.82) is 0 Å². The Kier molecular flexibility index (Phi) is 52.1. The van der Waals surface area contributed by atoms with Crippen LogP contribution in [0.25, 0.3) is 0 Å². The van der Waals surface area contributed by atoms with Crippen LogP contribution in [0.15, 0.2) is 41.5 Å². The van der Waals surface area contributed by atoms with Gasteiger partial charge in [-0.2, -0.15) is 0 Å². The molecule has 0 amide bonds. The van der Waals surface area contributed by atoms with Gasteiger partial charge in [-0.05, 0) is 6.42 Å². The van der Waals surface area contributed by atoms with Gasteiger partial charge in [-0.25, -0.2) is 18.1 Å². The number of rotatable bonds is 3. The molecule has 1 aromatic rings. The minimum atomic E-state index is 0. The summed E-state index contributed by atoms with van der Waals surface area (Å²) in [4.78, 5) is 0. The molecule has 2 rings (SSSR count). The molecule has 0 saturated carbocycles. The van der Waals surface area contributed by atoms with Crippen molar-refractivity contribution in [1.82, 2.24) is 0 Å². The van der Waals surface area contributed by atoms with Gasteiger partial charge in [0.2, 0.25) is 0 Å². The van der Waals surface area contributed by atoms with Gasteiger partial charge in [0.25, 0.3) is 0 Å². The third-order valence-corrected chi connectivity index (χ3v) is 2.45. The van der Waals surface area contributed by atoms with Crippen molar-refractivity contribution in [2.45, 2.75) is 19.8 Å². The summed E-state index contributed by atoms with van der Waals surface area (Å²) in [7, 11) is 0. The van der Waals surface area contributed by atoms with E-state index >= 15 is 0 Å². The maximum absolute atomic E-state index is 3.20. The fourth-order valence-electron chi connectivity index (χ4n) is 1.64. The second kappa shape index (κ2) is 26.3. The van der Waals surface area contributed by atoms with E-state index in [1.165, 1.54) is 11.1 Å². The normalized spacial score (nSPS) is 9.95. The zero-order valence-electron chi connectivity index (χ0n) is 12.4. The first-order valence-electron chi connectivity index (χ1n) is 4.93. The van der Waals surface area contributed by atoms with Gasteiger partial charge in [-0.3, -0.25) is 23.8 Å². The molecule has 0 nitrogen and oxygen atoms in total. The van der Waals surface area contributed by atoms with Crippen LogP contribution in [0, 0.1) is 18.6 Å². The van der Waals surface area contributed by atoms with Crippen molar-refractivity contribution in [2.24, 2.45) is 0 Å². The van der Waals surface area contributed by atoms with Gasteiger partial charge >= 0.3 is 0 Å². The zero-order chi connectivity index (χ0) is 9.80. The molecule has 21 heavy (non-hydrogen) atoms. The average molecular weight is 804 g/mol. The Balaban J connectivity index is -0.0000000804. The molecule has 1 aromatic carbocycles. The van der Waals surface area contributed by atoms with Crippen LogP contribution >= 0.6 is 0 Å². The van der Waals surface area contributed by atoms with Crippen molar-refractivity contribution in [3.8, 4) is 0 Å². The molecule has 0 unspecified atom stereocenters. The van der Waals surface area contributed by atoms with Gasteiger partial charge in [0.05, 0.1) is 0 Å². The molecule has 0 bridgehead atoms. The fourth-order valence-corrected chi connectivity index (χ4v) is 1.64. The summed E-state index contributed by atoms with van der Waals surface area (Å²) < 4.78 is 0. The molecule has 93 valence electrons. The van der Waals surface area contributed by atoms with Crippen LogP contribution in [0.5, 0.6) is 0 Å². The molecule has 0 atom stereocenters. The molecule has 0 fully saturated rings. The molecule has 0 heterocycles. The first-order valence-corrected chi connectivity index (χ1v) is 4.93. The van der Waals surface area contributed by atoms with E-state index in [1.807, 2.05) is 18.2 Å². The van der Waals surface area contributed by atoms with Crippen molar-refractivity contribution in [3.63, 3.8) is 0 Å². The van der Waals surface area contributed by atoms with Crippen LogP contribution in [0.4, 0.5) is 0 Å². The minimum absolute atomic E-state index is 0. The van der Waals surface area contributed by atoms with Gasteiger partial charge in [0, 0.05) is 229 Å². The van der Waals surface area contributed by atoms with E-state index in [2.05, 4.69) is 37.6 Å². The molecule has 0 aromatic heterocycles. The van der Waals surface area contributed by atoms with Gasteiger partial charge in [-0.1, -0.05) is 12.0 Å². The maximum Gasteiger partial charge on any atom is 0 e. The second-order valence-corrected chi connectivity index (χ2v) is 3.50. The van der Waals surface area contributed by atoms with Crippen LogP contribution < -0.4 is 0 Å². The van der Waals surface area contributed by atoms with Crippen LogP contribution in [0.2, 0.25) is 0 Å². The maximum atomic E-state index is 3.20. The number of hydrogen-bond donors (Lipinski definition) is 0. The Morgan fingerprint density at radius 2 is 1.43 bits per heavy atom. The Morgan fingerprint density at radius 3 is 1.86 bits per heavy atom. The van der Waals surface area contributed by atoms with Crippen LogP contribution in [-0.4, -0.2) is 0 Å². The van der Waals surface area contributed by atoms with Gasteiger partial charge in [0.1, 0.15) is 0 Å². The first-order chi connectivity index (χ1) is 6.88. The van der Waals surface area contributed by atoms with Gasteiger partial charge in [-0.15, -0.1) is 13.0 Å². The largest absolute Gasteiger partial charge is 0.355 e. The SMILES string of the molecule is C[CH-]C1=CC=C(Cc2[c-]ccc[c-]2)C1.[Y].[Y].[Y].[Y].[Y].[Y].[Y]. The van der Waals surface area contributed by atoms with Crippen LogP contribution in [0.1, 0.15) is 18.9 Å². The summed E-state index contributed by atoms with van der Waals surface area (Å²) in [6.45, 7) is 2.09. The molecular formula is C14H13Y7-3. The Bertz CT molecular complexity index is 374. The summed E-state index contributed by atoms with van der Waals surface area (Å²) in [5.41, 5.74) is 4.03. The van der Waals surface area contributed by atoms with E-state index in [0.29, 0.717) is 0 Å². The Hall–Kier alpha value is 6.30. The third-order valence-electron chi connectivity index (χ3n) is 2.45. The second-order valence-electron chi connectivity index (χ2n) is 3.50. The molecule has 7 heteroatoms. The Labute approximate surface area is 306 Å². The molecule has 0 saturated heterocycles. The van der Waals surface area contributed by atoms with E-state index in [1.54, 1.807) is 0 Å². The zero-order valence-corrected chi connectivity index (χ0v) is 32.3. The first kappa shape index (κ1) is 41.6. The molecule has 1 aliphatic rings. The van der Waals surface area contributed by atoms with Crippen molar-refractivity contribution < 1.29 is 229 Å². The topological polar surface area (TPSA) is 0 Å². The summed E-state index contributed by atoms with van der Waals surface area (Å²) in [6.07, 6.45) is 8.64. The summed E-state index contributed by atoms with van der Waals surface area (Å²) in [5.74, 6) is 0. The van der Waals surface area contributed by atoms with E-state index < -0.39 is 0 Å². The van der Waals surface area contributed by atoms with E-state index in [-0.39, 0.29) is 229 Å². The molecule has 0 aliphatic heterocycles. The average Bonchev–Trinajstić information content (AvgIpc) is 2.67. The summed E-state index contributed by atoms with van der Waals surface area (Å²) >= 11 is 0. The fraction of sp³-hybridized carbons (Fsp3) is 0.214. The molecule has 7 radical (unpaired) electrons. The van der Waals surface area contributed by atoms with Crippen molar-refractivity contribution in [3.05, 3.63) is 65.6 Å². The predicted molar refractivity (Wildman–Crippen MR) is 58.6 cm³/mol. The third kappa shape index (κ3) is 18.1. The van der Waals surface area contributed by atoms with E-state index in [4.69, 9.17) is 0 Å². The van der Waals surface area contributed by atoms with E-state index in [0.717, 1.165) is 18.4 Å². The standard InChI is InChI=1S/C14H13.7Y/c1-2-12-8-9-14(10-12)11-13-6-4-3-5-7-13;;;;;;;/h2-5,8-9H,10-11H2,1H3;;;;;;;/q-3;;;;;;;. The molecular weight excluding hydrogens is 790 g/mol. The molecule has 1 aliphatic carbocycles. The van der Waals surface area contributed by atoms with Crippen LogP contribution in [0.3, 0.4) is 0 Å². The minimum Gasteiger partial charge on any atom is -0.355 e. The quantitative estimate of drug-likeness (QED) is 0.413. The van der Waals surface area contributed by atoms with Crippen molar-refractivity contribution >= 4 is 0 Å². The summed E-state index contributed by atoms with van der Waals surface area (Å²) in [6, 6.07) is 12.2. The predicted octanol–water partition coefficient (Wildman–Crippen LogP) is 3.29. The van der Waals surface area contributed by atoms with Gasteiger partial charge in [0.15, 0.2) is 0 Å². The summed E-state index contributed by atoms with van der Waals surface area (Å²) in [5, 5.41) is 0. The van der Waals surface area contributed by atoms with E-state index in [9.17, 15) is 0 Å². The number of allylic oxidation sites excluding steroid dienone is 4. The molecule has 0 N–H and O–H groups in total. The van der Waals surface area contributed by atoms with Gasteiger partial charge < -0.3 is 12.1 Å². The molecule has 0 spiro atoms. The monoisotopic (exact) mass is 803 g/mol.